The second-order valence-corrected chi connectivity index (χ2v) is 4.66. The highest BCUT2D eigenvalue weighted by Gasteiger charge is 2.39. The molecule has 3 nitrogen and oxygen atoms in total. The minimum absolute atomic E-state index is 0.222. The van der Waals surface area contributed by atoms with E-state index in [9.17, 15) is 0 Å². The third kappa shape index (κ3) is 2.80. The summed E-state index contributed by atoms with van der Waals surface area (Å²) < 4.78 is 11.4. The smallest absolute Gasteiger partial charge is 0.170 e. The topological polar surface area (TPSA) is 21.7 Å². The number of nitrogens with zero attached hydrogens (tertiary/aromatic N) is 1. The van der Waals surface area contributed by atoms with E-state index >= 15 is 0 Å². The Kier molecular flexibility index (Phi) is 3.44. The highest BCUT2D eigenvalue weighted by molar-refractivity contribution is 4.90. The number of piperidine rings is 1. The molecule has 0 aromatic carbocycles. The summed E-state index contributed by atoms with van der Waals surface area (Å²) in [5.41, 5.74) is 1.27. The van der Waals surface area contributed by atoms with E-state index < -0.39 is 0 Å². The van der Waals surface area contributed by atoms with E-state index in [0.29, 0.717) is 0 Å². The molecule has 15 heavy (non-hydrogen) atoms. The average molecular weight is 211 g/mol. The molecule has 2 aliphatic heterocycles. The molecule has 0 saturated carbocycles. The third-order valence-corrected chi connectivity index (χ3v) is 3.29. The zero-order chi connectivity index (χ0) is 10.7. The second kappa shape index (κ2) is 4.64. The Morgan fingerprint density at radius 3 is 2.40 bits per heavy atom. The summed E-state index contributed by atoms with van der Waals surface area (Å²) in [4.78, 5) is 2.48. The van der Waals surface area contributed by atoms with Crippen LogP contribution in [0.3, 0.4) is 0 Å². The first kappa shape index (κ1) is 11.1. The van der Waals surface area contributed by atoms with Gasteiger partial charge in [-0.15, -0.1) is 6.58 Å². The highest BCUT2D eigenvalue weighted by atomic mass is 16.7. The predicted molar refractivity (Wildman–Crippen MR) is 59.7 cm³/mol. The molecule has 0 amide bonds. The second-order valence-electron chi connectivity index (χ2n) is 4.66. The maximum Gasteiger partial charge on any atom is 0.170 e. The molecule has 2 aliphatic rings. The summed E-state index contributed by atoms with van der Waals surface area (Å²) in [6.07, 6.45) is 3.14. The van der Waals surface area contributed by atoms with Gasteiger partial charge in [0, 0.05) is 32.5 Å². The Balaban J connectivity index is 1.74. The lowest BCUT2D eigenvalue weighted by Gasteiger charge is -2.37. The average Bonchev–Trinajstić information content (AvgIpc) is 2.66. The van der Waals surface area contributed by atoms with E-state index in [0.717, 1.165) is 52.1 Å². The molecule has 0 radical (unpaired) electrons. The summed E-state index contributed by atoms with van der Waals surface area (Å²) in [6.45, 7) is 10.9. The van der Waals surface area contributed by atoms with Crippen LogP contribution in [0.15, 0.2) is 12.2 Å². The normalized spacial score (nSPS) is 25.9. The van der Waals surface area contributed by atoms with Crippen LogP contribution in [-0.4, -0.2) is 43.5 Å². The molecular weight excluding hydrogens is 190 g/mol. The molecule has 2 fully saturated rings. The van der Waals surface area contributed by atoms with Crippen molar-refractivity contribution in [2.75, 3.05) is 32.8 Å². The fraction of sp³-hybridized carbons (Fsp3) is 0.833. The molecule has 0 aliphatic carbocycles. The van der Waals surface area contributed by atoms with Gasteiger partial charge in [-0.05, 0) is 13.3 Å². The van der Waals surface area contributed by atoms with Crippen LogP contribution in [0.4, 0.5) is 0 Å². The lowest BCUT2D eigenvalue weighted by molar-refractivity contribution is -0.185. The fourth-order valence-corrected chi connectivity index (χ4v) is 2.25. The van der Waals surface area contributed by atoms with E-state index in [2.05, 4.69) is 18.4 Å². The quantitative estimate of drug-likeness (QED) is 0.664. The van der Waals surface area contributed by atoms with E-state index in [-0.39, 0.29) is 5.79 Å². The van der Waals surface area contributed by atoms with Crippen molar-refractivity contribution in [2.24, 2.45) is 0 Å². The molecule has 3 heteroatoms. The first-order valence-corrected chi connectivity index (χ1v) is 5.85. The fourth-order valence-electron chi connectivity index (χ4n) is 2.25. The van der Waals surface area contributed by atoms with Crippen LogP contribution in [0.1, 0.15) is 26.2 Å². The highest BCUT2D eigenvalue weighted by Crippen LogP contribution is 2.31. The molecule has 1 spiro atoms. The van der Waals surface area contributed by atoms with E-state index in [4.69, 9.17) is 9.47 Å². The van der Waals surface area contributed by atoms with Crippen LogP contribution < -0.4 is 0 Å². The van der Waals surface area contributed by atoms with E-state index in [1.54, 1.807) is 0 Å². The van der Waals surface area contributed by atoms with Gasteiger partial charge in [-0.1, -0.05) is 5.57 Å². The van der Waals surface area contributed by atoms with Gasteiger partial charge >= 0.3 is 0 Å². The number of rotatable bonds is 3. The number of likely N-dealkylation sites (tertiary alicyclic amines) is 1. The van der Waals surface area contributed by atoms with Gasteiger partial charge in [0.05, 0.1) is 13.2 Å². The lowest BCUT2D eigenvalue weighted by atomic mass is 10.0. The van der Waals surface area contributed by atoms with Crippen LogP contribution >= 0.6 is 0 Å². The number of hydrogen-bond donors (Lipinski definition) is 0. The Morgan fingerprint density at radius 2 is 1.87 bits per heavy atom. The Bertz CT molecular complexity index is 224. The van der Waals surface area contributed by atoms with Crippen molar-refractivity contribution < 1.29 is 9.47 Å². The summed E-state index contributed by atoms with van der Waals surface area (Å²) in [5, 5.41) is 0. The van der Waals surface area contributed by atoms with Gasteiger partial charge in [0.25, 0.3) is 0 Å². The minimum Gasteiger partial charge on any atom is -0.347 e. The van der Waals surface area contributed by atoms with Crippen molar-refractivity contribution >= 4 is 0 Å². The summed E-state index contributed by atoms with van der Waals surface area (Å²) in [7, 11) is 0. The van der Waals surface area contributed by atoms with Crippen LogP contribution in [0.5, 0.6) is 0 Å². The Labute approximate surface area is 92.0 Å². The van der Waals surface area contributed by atoms with Crippen molar-refractivity contribution in [3.05, 3.63) is 12.2 Å². The number of hydrogen-bond acceptors (Lipinski definition) is 3. The van der Waals surface area contributed by atoms with Gasteiger partial charge in [-0.3, -0.25) is 0 Å². The summed E-state index contributed by atoms with van der Waals surface area (Å²) >= 11 is 0. The molecule has 0 aromatic heterocycles. The molecular formula is C12H21NO2. The van der Waals surface area contributed by atoms with Gasteiger partial charge < -0.3 is 14.4 Å². The van der Waals surface area contributed by atoms with Crippen molar-refractivity contribution in [1.29, 1.82) is 0 Å². The van der Waals surface area contributed by atoms with Gasteiger partial charge in [0.1, 0.15) is 0 Å². The van der Waals surface area contributed by atoms with Gasteiger partial charge in [0.15, 0.2) is 5.79 Å². The molecule has 0 atom stereocenters. The molecule has 0 unspecified atom stereocenters. The molecule has 0 aromatic rings. The number of ether oxygens (including phenoxy) is 2. The Morgan fingerprint density at radius 1 is 1.27 bits per heavy atom. The summed E-state index contributed by atoms with van der Waals surface area (Å²) in [5.74, 6) is -0.222. The molecule has 2 heterocycles. The monoisotopic (exact) mass is 211 g/mol. The predicted octanol–water partition coefficient (Wildman–Crippen LogP) is 1.79. The first-order chi connectivity index (χ1) is 7.20. The first-order valence-electron chi connectivity index (χ1n) is 5.85. The molecule has 86 valence electrons. The van der Waals surface area contributed by atoms with Crippen LogP contribution in [0.2, 0.25) is 0 Å². The molecule has 0 bridgehead atoms. The lowest BCUT2D eigenvalue weighted by Crippen LogP contribution is -2.45. The standard InChI is InChI=1S/C12H21NO2/c1-11(2)3-6-13-7-4-12(5-8-13)14-9-10-15-12/h1,3-10H2,2H3. The third-order valence-electron chi connectivity index (χ3n) is 3.29. The van der Waals surface area contributed by atoms with Crippen molar-refractivity contribution in [3.63, 3.8) is 0 Å². The maximum atomic E-state index is 5.69. The SMILES string of the molecule is C=C(C)CCN1CCC2(CC1)OCCO2. The zero-order valence-corrected chi connectivity index (χ0v) is 9.63. The van der Waals surface area contributed by atoms with Crippen molar-refractivity contribution in [3.8, 4) is 0 Å². The van der Waals surface area contributed by atoms with Gasteiger partial charge in [-0.25, -0.2) is 0 Å². The minimum atomic E-state index is -0.222. The Hall–Kier alpha value is -0.380. The van der Waals surface area contributed by atoms with Crippen molar-refractivity contribution in [2.45, 2.75) is 32.0 Å². The molecule has 2 rings (SSSR count). The largest absolute Gasteiger partial charge is 0.347 e. The van der Waals surface area contributed by atoms with E-state index in [1.165, 1.54) is 5.57 Å². The zero-order valence-electron chi connectivity index (χ0n) is 9.63. The molecule has 0 N–H and O–H groups in total. The van der Waals surface area contributed by atoms with Gasteiger partial charge in [0.2, 0.25) is 0 Å². The van der Waals surface area contributed by atoms with Crippen molar-refractivity contribution in [1.82, 2.24) is 4.90 Å². The molecule has 2 saturated heterocycles. The van der Waals surface area contributed by atoms with Crippen LogP contribution in [0, 0.1) is 0 Å². The van der Waals surface area contributed by atoms with Crippen LogP contribution in [-0.2, 0) is 9.47 Å². The van der Waals surface area contributed by atoms with Crippen LogP contribution in [0.25, 0.3) is 0 Å². The van der Waals surface area contributed by atoms with E-state index in [1.807, 2.05) is 0 Å². The maximum absolute atomic E-state index is 5.69. The van der Waals surface area contributed by atoms with Gasteiger partial charge in [-0.2, -0.15) is 0 Å². The summed E-state index contributed by atoms with van der Waals surface area (Å²) in [6, 6.07) is 0.